The Bertz CT molecular complexity index is 447. The van der Waals surface area contributed by atoms with E-state index < -0.39 is 17.8 Å². The molecule has 2 rings (SSSR count). The van der Waals surface area contributed by atoms with E-state index in [2.05, 4.69) is 5.32 Å². The molecule has 3 nitrogen and oxygen atoms in total. The van der Waals surface area contributed by atoms with Crippen molar-refractivity contribution in [2.45, 2.75) is 37.8 Å². The van der Waals surface area contributed by atoms with Crippen molar-refractivity contribution in [1.82, 2.24) is 5.32 Å². The lowest BCUT2D eigenvalue weighted by Gasteiger charge is -2.21. The van der Waals surface area contributed by atoms with Gasteiger partial charge < -0.3 is 5.73 Å². The zero-order chi connectivity index (χ0) is 13.1. The van der Waals surface area contributed by atoms with E-state index in [1.807, 2.05) is 0 Å². The normalized spacial score (nSPS) is 17.9. The summed E-state index contributed by atoms with van der Waals surface area (Å²) in [4.78, 5) is 11.5. The number of halogens is 2. The SMILES string of the molecule is NC(=O)C(NC1CCCC1)c1ccc(F)cc1Cl. The van der Waals surface area contributed by atoms with E-state index in [0.717, 1.165) is 25.7 Å². The molecule has 1 aliphatic rings. The van der Waals surface area contributed by atoms with Crippen molar-refractivity contribution in [2.75, 3.05) is 0 Å². The van der Waals surface area contributed by atoms with Gasteiger partial charge in [-0.15, -0.1) is 0 Å². The minimum atomic E-state index is -0.652. The fraction of sp³-hybridized carbons (Fsp3) is 0.462. The van der Waals surface area contributed by atoms with E-state index in [-0.39, 0.29) is 11.1 Å². The van der Waals surface area contributed by atoms with Crippen LogP contribution in [0, 0.1) is 5.82 Å². The molecule has 0 radical (unpaired) electrons. The Morgan fingerprint density at radius 2 is 2.11 bits per heavy atom. The molecule has 0 bridgehead atoms. The van der Waals surface area contributed by atoms with Gasteiger partial charge in [0.05, 0.1) is 0 Å². The quantitative estimate of drug-likeness (QED) is 0.883. The van der Waals surface area contributed by atoms with Crippen LogP contribution in [0.25, 0.3) is 0 Å². The summed E-state index contributed by atoms with van der Waals surface area (Å²) in [5.41, 5.74) is 5.94. The fourth-order valence-electron chi connectivity index (χ4n) is 2.39. The van der Waals surface area contributed by atoms with Gasteiger partial charge in [0.25, 0.3) is 0 Å². The molecule has 0 aliphatic heterocycles. The zero-order valence-corrected chi connectivity index (χ0v) is 10.7. The first-order valence-electron chi connectivity index (χ1n) is 6.08. The molecule has 3 N–H and O–H groups in total. The monoisotopic (exact) mass is 270 g/mol. The predicted octanol–water partition coefficient (Wildman–Crippen LogP) is 2.54. The zero-order valence-electron chi connectivity index (χ0n) is 9.96. The second-order valence-corrected chi connectivity index (χ2v) is 5.06. The molecule has 1 aromatic rings. The molecular weight excluding hydrogens is 255 g/mol. The molecule has 18 heavy (non-hydrogen) atoms. The van der Waals surface area contributed by atoms with Crippen LogP contribution >= 0.6 is 11.6 Å². The van der Waals surface area contributed by atoms with Crippen LogP contribution in [0.4, 0.5) is 4.39 Å². The number of primary amides is 1. The predicted molar refractivity (Wildman–Crippen MR) is 68.7 cm³/mol. The van der Waals surface area contributed by atoms with Crippen LogP contribution in [0.2, 0.25) is 5.02 Å². The van der Waals surface area contributed by atoms with E-state index in [1.54, 1.807) is 0 Å². The van der Waals surface area contributed by atoms with Gasteiger partial charge in [-0.2, -0.15) is 0 Å². The first-order chi connectivity index (χ1) is 8.58. The van der Waals surface area contributed by atoms with E-state index in [0.29, 0.717) is 5.56 Å². The van der Waals surface area contributed by atoms with Gasteiger partial charge in [0, 0.05) is 11.1 Å². The number of amides is 1. The van der Waals surface area contributed by atoms with Crippen molar-refractivity contribution in [3.63, 3.8) is 0 Å². The Balaban J connectivity index is 2.20. The summed E-state index contributed by atoms with van der Waals surface area (Å²) in [5.74, 6) is -0.914. The molecule has 98 valence electrons. The highest BCUT2D eigenvalue weighted by atomic mass is 35.5. The van der Waals surface area contributed by atoms with Crippen LogP contribution in [0.3, 0.4) is 0 Å². The number of rotatable bonds is 4. The summed E-state index contributed by atoms with van der Waals surface area (Å²) in [6, 6.07) is 3.62. The average molecular weight is 271 g/mol. The molecule has 1 fully saturated rings. The maximum Gasteiger partial charge on any atom is 0.239 e. The van der Waals surface area contributed by atoms with Gasteiger partial charge in [-0.05, 0) is 30.5 Å². The Labute approximate surface area is 111 Å². The minimum absolute atomic E-state index is 0.226. The van der Waals surface area contributed by atoms with Gasteiger partial charge in [-0.1, -0.05) is 30.5 Å². The number of hydrogen-bond donors (Lipinski definition) is 2. The lowest BCUT2D eigenvalue weighted by Crippen LogP contribution is -2.39. The maximum absolute atomic E-state index is 13.0. The van der Waals surface area contributed by atoms with Crippen molar-refractivity contribution >= 4 is 17.5 Å². The van der Waals surface area contributed by atoms with Crippen molar-refractivity contribution < 1.29 is 9.18 Å². The minimum Gasteiger partial charge on any atom is -0.368 e. The molecule has 1 aromatic carbocycles. The largest absolute Gasteiger partial charge is 0.368 e. The number of nitrogens with two attached hydrogens (primary N) is 1. The van der Waals surface area contributed by atoms with Gasteiger partial charge in [0.2, 0.25) is 5.91 Å². The molecule has 1 atom stereocenters. The van der Waals surface area contributed by atoms with Crippen molar-refractivity contribution in [2.24, 2.45) is 5.73 Å². The molecular formula is C13H16ClFN2O. The smallest absolute Gasteiger partial charge is 0.239 e. The summed E-state index contributed by atoms with van der Waals surface area (Å²) in [5, 5.41) is 3.44. The summed E-state index contributed by atoms with van der Waals surface area (Å²) in [7, 11) is 0. The van der Waals surface area contributed by atoms with Crippen molar-refractivity contribution in [3.05, 3.63) is 34.6 Å². The summed E-state index contributed by atoms with van der Waals surface area (Å²) in [6.07, 6.45) is 4.37. The van der Waals surface area contributed by atoms with Crippen LogP contribution in [-0.2, 0) is 4.79 Å². The lowest BCUT2D eigenvalue weighted by molar-refractivity contribution is -0.120. The number of carbonyl (C=O) groups is 1. The molecule has 1 amide bonds. The molecule has 1 saturated carbocycles. The van der Waals surface area contributed by atoms with Crippen molar-refractivity contribution in [3.8, 4) is 0 Å². The highest BCUT2D eigenvalue weighted by Gasteiger charge is 2.25. The molecule has 0 aromatic heterocycles. The topological polar surface area (TPSA) is 55.1 Å². The number of benzene rings is 1. The molecule has 0 heterocycles. The Morgan fingerprint density at radius 1 is 1.44 bits per heavy atom. The van der Waals surface area contributed by atoms with Crippen molar-refractivity contribution in [1.29, 1.82) is 0 Å². The van der Waals surface area contributed by atoms with Crippen LogP contribution in [0.1, 0.15) is 37.3 Å². The Hall–Kier alpha value is -1.13. The van der Waals surface area contributed by atoms with Crippen LogP contribution in [0.5, 0.6) is 0 Å². The second kappa shape index (κ2) is 5.67. The first kappa shape index (κ1) is 13.3. The fourth-order valence-corrected chi connectivity index (χ4v) is 2.67. The lowest BCUT2D eigenvalue weighted by atomic mass is 10.0. The van der Waals surface area contributed by atoms with Gasteiger partial charge in [0.15, 0.2) is 0 Å². The summed E-state index contributed by atoms with van der Waals surface area (Å²) >= 11 is 5.97. The third-order valence-electron chi connectivity index (χ3n) is 3.32. The maximum atomic E-state index is 13.0. The number of nitrogens with one attached hydrogen (secondary N) is 1. The molecule has 1 unspecified atom stereocenters. The molecule has 0 saturated heterocycles. The van der Waals surface area contributed by atoms with Crippen LogP contribution in [-0.4, -0.2) is 11.9 Å². The van der Waals surface area contributed by atoms with E-state index in [1.165, 1.54) is 18.2 Å². The summed E-state index contributed by atoms with van der Waals surface area (Å²) < 4.78 is 13.0. The average Bonchev–Trinajstić information content (AvgIpc) is 2.79. The Kier molecular flexibility index (Phi) is 4.19. The third-order valence-corrected chi connectivity index (χ3v) is 3.64. The van der Waals surface area contributed by atoms with Crippen LogP contribution in [0.15, 0.2) is 18.2 Å². The van der Waals surface area contributed by atoms with E-state index in [9.17, 15) is 9.18 Å². The molecule has 0 spiro atoms. The molecule has 1 aliphatic carbocycles. The Morgan fingerprint density at radius 3 is 2.67 bits per heavy atom. The van der Waals surface area contributed by atoms with Gasteiger partial charge in [0.1, 0.15) is 11.9 Å². The van der Waals surface area contributed by atoms with E-state index >= 15 is 0 Å². The summed E-state index contributed by atoms with van der Waals surface area (Å²) in [6.45, 7) is 0. The van der Waals surface area contributed by atoms with E-state index in [4.69, 9.17) is 17.3 Å². The van der Waals surface area contributed by atoms with Gasteiger partial charge in [-0.25, -0.2) is 4.39 Å². The third kappa shape index (κ3) is 3.00. The standard InChI is InChI=1S/C13H16ClFN2O/c14-11-7-8(15)5-6-10(11)12(13(16)18)17-9-3-1-2-4-9/h5-7,9,12,17H,1-4H2,(H2,16,18). The number of carbonyl (C=O) groups excluding carboxylic acids is 1. The molecule has 5 heteroatoms. The van der Waals surface area contributed by atoms with Gasteiger partial charge in [-0.3, -0.25) is 10.1 Å². The van der Waals surface area contributed by atoms with Crippen LogP contribution < -0.4 is 11.1 Å². The van der Waals surface area contributed by atoms with Gasteiger partial charge >= 0.3 is 0 Å². The number of hydrogen-bond acceptors (Lipinski definition) is 2. The first-order valence-corrected chi connectivity index (χ1v) is 6.46. The highest BCUT2D eigenvalue weighted by Crippen LogP contribution is 2.27. The highest BCUT2D eigenvalue weighted by molar-refractivity contribution is 6.31. The second-order valence-electron chi connectivity index (χ2n) is 4.65.